The number of rotatable bonds is 5. The topological polar surface area (TPSA) is 66.4 Å². The van der Waals surface area contributed by atoms with Crippen molar-refractivity contribution >= 4 is 11.9 Å². The molecule has 0 bridgehead atoms. The van der Waals surface area contributed by atoms with Gasteiger partial charge in [0, 0.05) is 12.5 Å². The van der Waals surface area contributed by atoms with Crippen LogP contribution in [0.1, 0.15) is 40.0 Å². The third-order valence-corrected chi connectivity index (χ3v) is 3.80. The number of carbonyl (C=O) groups excluding carboxylic acids is 1. The minimum atomic E-state index is -0.919. The molecular weight excluding hydrogens is 206 g/mol. The number of aliphatic carboxylic acids is 1. The van der Waals surface area contributed by atoms with Crippen LogP contribution in [0.3, 0.4) is 0 Å². The zero-order valence-electron chi connectivity index (χ0n) is 10.2. The van der Waals surface area contributed by atoms with Gasteiger partial charge in [0.25, 0.3) is 0 Å². The monoisotopic (exact) mass is 227 g/mol. The average Bonchev–Trinajstić information content (AvgIpc) is 2.20. The van der Waals surface area contributed by atoms with E-state index in [-0.39, 0.29) is 11.3 Å². The SMILES string of the molecule is CC(C(=O)O)C(C)C(=O)NCC1(C)CCC1. The number of amides is 1. The molecule has 0 heterocycles. The Morgan fingerprint density at radius 2 is 1.88 bits per heavy atom. The molecule has 2 N–H and O–H groups in total. The summed E-state index contributed by atoms with van der Waals surface area (Å²) in [6, 6.07) is 0. The fourth-order valence-corrected chi connectivity index (χ4v) is 1.86. The number of hydrogen-bond acceptors (Lipinski definition) is 2. The van der Waals surface area contributed by atoms with Gasteiger partial charge in [-0.15, -0.1) is 0 Å². The number of carboxylic acid groups (broad SMARTS) is 1. The Morgan fingerprint density at radius 3 is 2.25 bits per heavy atom. The highest BCUT2D eigenvalue weighted by molar-refractivity contribution is 5.84. The predicted molar refractivity (Wildman–Crippen MR) is 60.9 cm³/mol. The first-order valence-corrected chi connectivity index (χ1v) is 5.86. The van der Waals surface area contributed by atoms with Crippen LogP contribution in [0.5, 0.6) is 0 Å². The summed E-state index contributed by atoms with van der Waals surface area (Å²) in [6.45, 7) is 6.06. The Kier molecular flexibility index (Phi) is 3.94. The van der Waals surface area contributed by atoms with Crippen LogP contribution in [-0.4, -0.2) is 23.5 Å². The van der Waals surface area contributed by atoms with Gasteiger partial charge in [-0.1, -0.05) is 27.2 Å². The molecule has 92 valence electrons. The van der Waals surface area contributed by atoms with Gasteiger partial charge in [-0.2, -0.15) is 0 Å². The second kappa shape index (κ2) is 4.85. The molecule has 0 aromatic heterocycles. The molecule has 0 radical (unpaired) electrons. The van der Waals surface area contributed by atoms with Crippen molar-refractivity contribution in [2.45, 2.75) is 40.0 Å². The van der Waals surface area contributed by atoms with Crippen LogP contribution in [0.4, 0.5) is 0 Å². The van der Waals surface area contributed by atoms with Gasteiger partial charge in [-0.05, 0) is 18.3 Å². The molecule has 0 aromatic rings. The second-order valence-corrected chi connectivity index (χ2v) is 5.30. The fourth-order valence-electron chi connectivity index (χ4n) is 1.86. The minimum Gasteiger partial charge on any atom is -0.481 e. The van der Waals surface area contributed by atoms with Crippen molar-refractivity contribution in [1.29, 1.82) is 0 Å². The van der Waals surface area contributed by atoms with Crippen LogP contribution in [0.15, 0.2) is 0 Å². The lowest BCUT2D eigenvalue weighted by Gasteiger charge is -2.38. The van der Waals surface area contributed by atoms with Crippen molar-refractivity contribution in [3.63, 3.8) is 0 Å². The summed E-state index contributed by atoms with van der Waals surface area (Å²) in [5.74, 6) is -2.17. The second-order valence-electron chi connectivity index (χ2n) is 5.30. The molecule has 0 saturated heterocycles. The molecule has 1 aliphatic rings. The molecule has 2 unspecified atom stereocenters. The fraction of sp³-hybridized carbons (Fsp3) is 0.833. The molecule has 0 spiro atoms. The molecular formula is C12H21NO3. The van der Waals surface area contributed by atoms with E-state index in [0.29, 0.717) is 6.54 Å². The maximum absolute atomic E-state index is 11.7. The van der Waals surface area contributed by atoms with Crippen molar-refractivity contribution in [2.75, 3.05) is 6.54 Å². The predicted octanol–water partition coefficient (Wildman–Crippen LogP) is 1.65. The van der Waals surface area contributed by atoms with Crippen LogP contribution >= 0.6 is 0 Å². The highest BCUT2D eigenvalue weighted by Crippen LogP contribution is 2.39. The summed E-state index contributed by atoms with van der Waals surface area (Å²) < 4.78 is 0. The number of carboxylic acids is 1. The summed E-state index contributed by atoms with van der Waals surface area (Å²) in [4.78, 5) is 22.4. The van der Waals surface area contributed by atoms with Gasteiger partial charge in [0.2, 0.25) is 5.91 Å². The van der Waals surface area contributed by atoms with E-state index in [0.717, 1.165) is 12.8 Å². The first-order chi connectivity index (χ1) is 7.36. The third-order valence-electron chi connectivity index (χ3n) is 3.80. The summed E-state index contributed by atoms with van der Waals surface area (Å²) in [7, 11) is 0. The van der Waals surface area contributed by atoms with Gasteiger partial charge in [-0.25, -0.2) is 0 Å². The Bertz CT molecular complexity index is 284. The Morgan fingerprint density at radius 1 is 1.31 bits per heavy atom. The molecule has 4 nitrogen and oxygen atoms in total. The van der Waals surface area contributed by atoms with E-state index in [4.69, 9.17) is 5.11 Å². The van der Waals surface area contributed by atoms with Crippen LogP contribution in [-0.2, 0) is 9.59 Å². The van der Waals surface area contributed by atoms with Crippen LogP contribution in [0, 0.1) is 17.3 Å². The highest BCUT2D eigenvalue weighted by atomic mass is 16.4. The lowest BCUT2D eigenvalue weighted by Crippen LogP contribution is -2.43. The van der Waals surface area contributed by atoms with E-state index in [1.807, 2.05) is 0 Å². The molecule has 1 aliphatic carbocycles. The molecule has 2 atom stereocenters. The van der Waals surface area contributed by atoms with Crippen LogP contribution in [0.2, 0.25) is 0 Å². The van der Waals surface area contributed by atoms with Gasteiger partial charge in [0.1, 0.15) is 0 Å². The molecule has 16 heavy (non-hydrogen) atoms. The molecule has 1 fully saturated rings. The van der Waals surface area contributed by atoms with Gasteiger partial charge in [-0.3, -0.25) is 9.59 Å². The summed E-state index contributed by atoms with van der Waals surface area (Å²) in [6.07, 6.45) is 3.53. The van der Waals surface area contributed by atoms with Crippen molar-refractivity contribution in [3.8, 4) is 0 Å². The zero-order valence-corrected chi connectivity index (χ0v) is 10.2. The van der Waals surface area contributed by atoms with Gasteiger partial charge >= 0.3 is 5.97 Å². The van der Waals surface area contributed by atoms with E-state index in [9.17, 15) is 9.59 Å². The largest absolute Gasteiger partial charge is 0.481 e. The van der Waals surface area contributed by atoms with E-state index in [1.54, 1.807) is 13.8 Å². The molecule has 0 aromatic carbocycles. The molecule has 4 heteroatoms. The highest BCUT2D eigenvalue weighted by Gasteiger charge is 2.33. The first-order valence-electron chi connectivity index (χ1n) is 5.86. The standard InChI is InChI=1S/C12H21NO3/c1-8(9(2)11(15)16)10(14)13-7-12(3)5-4-6-12/h8-9H,4-7H2,1-3H3,(H,13,14)(H,15,16). The van der Waals surface area contributed by atoms with Crippen molar-refractivity contribution in [2.24, 2.45) is 17.3 Å². The van der Waals surface area contributed by atoms with Crippen LogP contribution < -0.4 is 5.32 Å². The van der Waals surface area contributed by atoms with E-state index >= 15 is 0 Å². The number of carbonyl (C=O) groups is 2. The van der Waals surface area contributed by atoms with Crippen molar-refractivity contribution < 1.29 is 14.7 Å². The Balaban J connectivity index is 2.37. The third kappa shape index (κ3) is 2.97. The van der Waals surface area contributed by atoms with E-state index in [2.05, 4.69) is 12.2 Å². The van der Waals surface area contributed by atoms with Crippen molar-refractivity contribution in [3.05, 3.63) is 0 Å². The molecule has 0 aliphatic heterocycles. The average molecular weight is 227 g/mol. The Hall–Kier alpha value is -1.06. The smallest absolute Gasteiger partial charge is 0.307 e. The van der Waals surface area contributed by atoms with Crippen molar-refractivity contribution in [1.82, 2.24) is 5.32 Å². The summed E-state index contributed by atoms with van der Waals surface area (Å²) >= 11 is 0. The first kappa shape index (κ1) is 13.0. The zero-order chi connectivity index (χ0) is 12.3. The quantitative estimate of drug-likeness (QED) is 0.750. The Labute approximate surface area is 96.4 Å². The summed E-state index contributed by atoms with van der Waals surface area (Å²) in [5.41, 5.74) is 0.238. The lowest BCUT2D eigenvalue weighted by atomic mass is 9.70. The molecule has 1 amide bonds. The van der Waals surface area contributed by atoms with Gasteiger partial charge < -0.3 is 10.4 Å². The van der Waals surface area contributed by atoms with E-state index in [1.165, 1.54) is 6.42 Å². The summed E-state index contributed by atoms with van der Waals surface area (Å²) in [5, 5.41) is 11.7. The van der Waals surface area contributed by atoms with Crippen LogP contribution in [0.25, 0.3) is 0 Å². The van der Waals surface area contributed by atoms with Gasteiger partial charge in [0.05, 0.1) is 5.92 Å². The maximum Gasteiger partial charge on any atom is 0.307 e. The number of hydrogen-bond donors (Lipinski definition) is 2. The van der Waals surface area contributed by atoms with E-state index < -0.39 is 17.8 Å². The lowest BCUT2D eigenvalue weighted by molar-refractivity contribution is -0.146. The molecule has 1 rings (SSSR count). The van der Waals surface area contributed by atoms with Gasteiger partial charge in [0.15, 0.2) is 0 Å². The number of nitrogens with one attached hydrogen (secondary N) is 1. The normalized spacial score (nSPS) is 21.7. The molecule has 1 saturated carbocycles. The minimum absolute atomic E-state index is 0.150. The maximum atomic E-state index is 11.7.